The minimum Gasteiger partial charge on any atom is -0.488 e. The molecular formula is C29H28ClN3O4. The Labute approximate surface area is 221 Å². The molecule has 0 radical (unpaired) electrons. The Balaban J connectivity index is 1.41. The Morgan fingerprint density at radius 3 is 2.08 bits per heavy atom. The molecule has 1 amide bonds. The van der Waals surface area contributed by atoms with Crippen molar-refractivity contribution < 1.29 is 18.8 Å². The van der Waals surface area contributed by atoms with Gasteiger partial charge >= 0.3 is 0 Å². The number of hydrogen-bond acceptors (Lipinski definition) is 6. The molecule has 1 fully saturated rings. The summed E-state index contributed by atoms with van der Waals surface area (Å²) in [5, 5.41) is 4.47. The van der Waals surface area contributed by atoms with Crippen LogP contribution in [0.2, 0.25) is 5.02 Å². The second-order valence-electron chi connectivity index (χ2n) is 9.00. The number of aromatic nitrogens is 1. The van der Waals surface area contributed by atoms with E-state index in [4.69, 9.17) is 25.6 Å². The Morgan fingerprint density at radius 1 is 0.865 bits per heavy atom. The van der Waals surface area contributed by atoms with Gasteiger partial charge in [-0.2, -0.15) is 0 Å². The Morgan fingerprint density at radius 2 is 1.46 bits per heavy atom. The largest absolute Gasteiger partial charge is 0.488 e. The molecule has 0 saturated carbocycles. The zero-order valence-electron chi connectivity index (χ0n) is 20.6. The Kier molecular flexibility index (Phi) is 7.73. The summed E-state index contributed by atoms with van der Waals surface area (Å²) in [6.45, 7) is 3.67. The molecule has 0 unspecified atom stereocenters. The van der Waals surface area contributed by atoms with Gasteiger partial charge in [-0.1, -0.05) is 77.4 Å². The van der Waals surface area contributed by atoms with E-state index in [9.17, 15) is 4.79 Å². The molecule has 0 bridgehead atoms. The highest BCUT2D eigenvalue weighted by atomic mass is 35.5. The first-order valence-corrected chi connectivity index (χ1v) is 12.6. The van der Waals surface area contributed by atoms with Crippen molar-refractivity contribution in [3.8, 4) is 22.8 Å². The molecule has 1 aromatic heterocycles. The lowest BCUT2D eigenvalue weighted by atomic mass is 10.1. The SMILES string of the molecule is CN1CCN(C(=O)c2cc(-c3cc(Cl)c(OCc4ccccc4)cc3OCc3ccccc3)on2)CC1. The average Bonchev–Trinajstić information content (AvgIpc) is 3.43. The van der Waals surface area contributed by atoms with E-state index in [-0.39, 0.29) is 11.6 Å². The first kappa shape index (κ1) is 24.9. The van der Waals surface area contributed by atoms with Crippen LogP contribution in [-0.2, 0) is 13.2 Å². The van der Waals surface area contributed by atoms with E-state index in [0.29, 0.717) is 54.1 Å². The number of hydrogen-bond donors (Lipinski definition) is 0. The summed E-state index contributed by atoms with van der Waals surface area (Å²) in [4.78, 5) is 17.0. The Hall–Kier alpha value is -3.81. The van der Waals surface area contributed by atoms with Gasteiger partial charge in [-0.3, -0.25) is 4.79 Å². The third kappa shape index (κ3) is 6.13. The van der Waals surface area contributed by atoms with Crippen LogP contribution in [-0.4, -0.2) is 54.1 Å². The molecule has 0 spiro atoms. The number of amides is 1. The highest BCUT2D eigenvalue weighted by Gasteiger charge is 2.25. The smallest absolute Gasteiger partial charge is 0.276 e. The molecule has 3 aromatic carbocycles. The van der Waals surface area contributed by atoms with Gasteiger partial charge in [-0.05, 0) is 24.2 Å². The molecular weight excluding hydrogens is 490 g/mol. The standard InChI is InChI=1S/C29H28ClN3O4/c1-32-12-14-33(15-13-32)29(34)25-17-27(37-31-25)23-16-24(30)28(36-20-22-10-6-3-7-11-22)18-26(23)35-19-21-8-4-2-5-9-21/h2-11,16-18H,12-15,19-20H2,1H3. The lowest BCUT2D eigenvalue weighted by Crippen LogP contribution is -2.47. The third-order valence-electron chi connectivity index (χ3n) is 6.29. The maximum atomic E-state index is 13.0. The molecule has 0 aliphatic carbocycles. The quantitative estimate of drug-likeness (QED) is 0.306. The van der Waals surface area contributed by atoms with Crippen molar-refractivity contribution >= 4 is 17.5 Å². The van der Waals surface area contributed by atoms with E-state index in [2.05, 4.69) is 10.1 Å². The number of piperazine rings is 1. The van der Waals surface area contributed by atoms with Crippen LogP contribution in [0.4, 0.5) is 0 Å². The van der Waals surface area contributed by atoms with Crippen molar-refractivity contribution in [3.05, 3.63) is 101 Å². The number of likely N-dealkylation sites (N-methyl/N-ethyl adjacent to an activating group) is 1. The van der Waals surface area contributed by atoms with Crippen LogP contribution < -0.4 is 9.47 Å². The number of carbonyl (C=O) groups is 1. The Bertz CT molecular complexity index is 1340. The average molecular weight is 518 g/mol. The number of nitrogens with zero attached hydrogens (tertiary/aromatic N) is 3. The minimum atomic E-state index is -0.149. The van der Waals surface area contributed by atoms with Gasteiger partial charge in [-0.25, -0.2) is 0 Å². The van der Waals surface area contributed by atoms with Gasteiger partial charge in [0, 0.05) is 38.3 Å². The van der Waals surface area contributed by atoms with Crippen LogP contribution in [0.1, 0.15) is 21.6 Å². The molecule has 0 atom stereocenters. The zero-order chi connectivity index (χ0) is 25.6. The predicted molar refractivity (Wildman–Crippen MR) is 142 cm³/mol. The number of rotatable bonds is 8. The molecule has 37 heavy (non-hydrogen) atoms. The van der Waals surface area contributed by atoms with Crippen molar-refractivity contribution in [1.29, 1.82) is 0 Å². The fourth-order valence-electron chi connectivity index (χ4n) is 4.10. The van der Waals surface area contributed by atoms with Gasteiger partial charge in [-0.15, -0.1) is 0 Å². The van der Waals surface area contributed by atoms with Gasteiger partial charge in [0.05, 0.1) is 10.6 Å². The topological polar surface area (TPSA) is 68.0 Å². The number of benzene rings is 3. The first-order valence-electron chi connectivity index (χ1n) is 12.2. The molecule has 7 nitrogen and oxygen atoms in total. The van der Waals surface area contributed by atoms with E-state index < -0.39 is 0 Å². The summed E-state index contributed by atoms with van der Waals surface area (Å²) in [6.07, 6.45) is 0. The van der Waals surface area contributed by atoms with Gasteiger partial charge in [0.2, 0.25) is 0 Å². The summed E-state index contributed by atoms with van der Waals surface area (Å²) in [5.74, 6) is 1.26. The van der Waals surface area contributed by atoms with Crippen LogP contribution >= 0.6 is 11.6 Å². The highest BCUT2D eigenvalue weighted by molar-refractivity contribution is 6.32. The molecule has 4 aromatic rings. The minimum absolute atomic E-state index is 0.149. The molecule has 1 aliphatic heterocycles. The lowest BCUT2D eigenvalue weighted by Gasteiger charge is -2.31. The lowest BCUT2D eigenvalue weighted by molar-refractivity contribution is 0.0654. The van der Waals surface area contributed by atoms with E-state index in [1.807, 2.05) is 67.7 Å². The summed E-state index contributed by atoms with van der Waals surface area (Å²) in [5.41, 5.74) is 2.89. The molecule has 0 N–H and O–H groups in total. The molecule has 1 saturated heterocycles. The van der Waals surface area contributed by atoms with E-state index >= 15 is 0 Å². The van der Waals surface area contributed by atoms with Crippen LogP contribution in [0.5, 0.6) is 11.5 Å². The van der Waals surface area contributed by atoms with Crippen LogP contribution in [0.15, 0.2) is 83.4 Å². The van der Waals surface area contributed by atoms with E-state index in [1.165, 1.54) is 0 Å². The van der Waals surface area contributed by atoms with Crippen LogP contribution in [0, 0.1) is 0 Å². The van der Waals surface area contributed by atoms with Gasteiger partial charge < -0.3 is 23.8 Å². The van der Waals surface area contributed by atoms with Crippen molar-refractivity contribution in [2.24, 2.45) is 0 Å². The molecule has 2 heterocycles. The molecule has 1 aliphatic rings. The zero-order valence-corrected chi connectivity index (χ0v) is 21.4. The second kappa shape index (κ2) is 11.5. The summed E-state index contributed by atoms with van der Waals surface area (Å²) in [6, 6.07) is 24.9. The van der Waals surface area contributed by atoms with Crippen molar-refractivity contribution in [2.75, 3.05) is 33.2 Å². The maximum absolute atomic E-state index is 13.0. The fourth-order valence-corrected chi connectivity index (χ4v) is 4.32. The normalized spacial score (nSPS) is 13.9. The van der Waals surface area contributed by atoms with Gasteiger partial charge in [0.1, 0.15) is 24.7 Å². The monoisotopic (exact) mass is 517 g/mol. The second-order valence-corrected chi connectivity index (χ2v) is 9.41. The third-order valence-corrected chi connectivity index (χ3v) is 6.59. The number of halogens is 1. The number of ether oxygens (including phenoxy) is 2. The van der Waals surface area contributed by atoms with Crippen LogP contribution in [0.25, 0.3) is 11.3 Å². The van der Waals surface area contributed by atoms with Crippen molar-refractivity contribution in [1.82, 2.24) is 15.0 Å². The maximum Gasteiger partial charge on any atom is 0.276 e. The van der Waals surface area contributed by atoms with Gasteiger partial charge in [0.15, 0.2) is 11.5 Å². The summed E-state index contributed by atoms with van der Waals surface area (Å²) < 4.78 is 17.8. The van der Waals surface area contributed by atoms with Crippen molar-refractivity contribution in [2.45, 2.75) is 13.2 Å². The molecule has 5 rings (SSSR count). The number of carbonyl (C=O) groups excluding carboxylic acids is 1. The highest BCUT2D eigenvalue weighted by Crippen LogP contribution is 2.40. The predicted octanol–water partition coefficient (Wildman–Crippen LogP) is 5.54. The molecule has 190 valence electrons. The summed E-state index contributed by atoms with van der Waals surface area (Å²) >= 11 is 6.62. The van der Waals surface area contributed by atoms with Gasteiger partial charge in [0.25, 0.3) is 5.91 Å². The fraction of sp³-hybridized carbons (Fsp3) is 0.241. The first-order chi connectivity index (χ1) is 18.1. The van der Waals surface area contributed by atoms with Crippen LogP contribution in [0.3, 0.4) is 0 Å². The van der Waals surface area contributed by atoms with Crippen molar-refractivity contribution in [3.63, 3.8) is 0 Å². The van der Waals surface area contributed by atoms with E-state index in [1.54, 1.807) is 23.1 Å². The summed E-state index contributed by atoms with van der Waals surface area (Å²) in [7, 11) is 2.05. The molecule has 8 heteroatoms. The van der Waals surface area contributed by atoms with E-state index in [0.717, 1.165) is 24.2 Å².